The number of rotatable bonds is 5. The number of carbonyl (C=O) groups excluding carboxylic acids is 1. The number of amides is 1. The van der Waals surface area contributed by atoms with Crippen LogP contribution in [0, 0.1) is 0 Å². The van der Waals surface area contributed by atoms with E-state index in [-0.39, 0.29) is 5.91 Å². The van der Waals surface area contributed by atoms with E-state index in [4.69, 9.17) is 26.1 Å². The summed E-state index contributed by atoms with van der Waals surface area (Å²) < 4.78 is 16.0. The number of nitrogens with zero attached hydrogens (tertiary/aromatic N) is 2. The molecule has 3 rings (SSSR count). The summed E-state index contributed by atoms with van der Waals surface area (Å²) in [6, 6.07) is 8.84. The maximum absolute atomic E-state index is 12.5. The van der Waals surface area contributed by atoms with E-state index >= 15 is 0 Å². The van der Waals surface area contributed by atoms with Gasteiger partial charge in [-0.1, -0.05) is 11.8 Å². The predicted molar refractivity (Wildman–Crippen MR) is 101 cm³/mol. The fraction of sp³-hybridized carbons (Fsp3) is 0.118. The van der Waals surface area contributed by atoms with Gasteiger partial charge in [0.1, 0.15) is 17.3 Å². The van der Waals surface area contributed by atoms with Crippen LogP contribution in [0.15, 0.2) is 51.0 Å². The van der Waals surface area contributed by atoms with Gasteiger partial charge < -0.3 is 13.9 Å². The lowest BCUT2D eigenvalue weighted by Crippen LogP contribution is -2.22. The first kappa shape index (κ1) is 17.2. The largest absolute Gasteiger partial charge is 0.497 e. The lowest BCUT2D eigenvalue weighted by Gasteiger charge is -2.08. The summed E-state index contributed by atoms with van der Waals surface area (Å²) in [4.78, 5) is 13.0. The first-order valence-corrected chi connectivity index (χ1v) is 8.42. The molecule has 1 fully saturated rings. The van der Waals surface area contributed by atoms with E-state index in [9.17, 15) is 4.79 Å². The molecule has 25 heavy (non-hydrogen) atoms. The minimum atomic E-state index is -0.296. The summed E-state index contributed by atoms with van der Waals surface area (Å²) in [7, 11) is 3.14. The smallest absolute Gasteiger partial charge is 0.286 e. The van der Waals surface area contributed by atoms with Crippen LogP contribution in [0.1, 0.15) is 11.3 Å². The monoisotopic (exact) mass is 374 g/mol. The van der Waals surface area contributed by atoms with E-state index in [1.807, 2.05) is 6.07 Å². The number of benzene rings is 1. The zero-order valence-electron chi connectivity index (χ0n) is 13.5. The molecule has 1 aromatic carbocycles. The molecule has 1 saturated heterocycles. The number of carbonyl (C=O) groups is 1. The Labute approximate surface area is 154 Å². The van der Waals surface area contributed by atoms with Crippen molar-refractivity contribution in [1.29, 1.82) is 0 Å². The summed E-state index contributed by atoms with van der Waals surface area (Å²) in [5.74, 6) is 1.51. The van der Waals surface area contributed by atoms with Crippen molar-refractivity contribution in [3.63, 3.8) is 0 Å². The molecular weight excluding hydrogens is 360 g/mol. The standard InChI is InChI=1S/C17H14N2O4S2/c1-21-12-6-5-11(14(9-12)22-2)8-15-16(20)19(17(24)25-15)18-10-13-4-3-7-23-13/h3-10H,1-2H3/b15-8+,18-10+. The molecule has 8 heteroatoms. The molecule has 1 aromatic heterocycles. The molecule has 0 radical (unpaired) electrons. The molecule has 1 aliphatic heterocycles. The van der Waals surface area contributed by atoms with Gasteiger partial charge in [0.15, 0.2) is 4.32 Å². The zero-order valence-corrected chi connectivity index (χ0v) is 15.1. The van der Waals surface area contributed by atoms with Crippen molar-refractivity contribution in [2.75, 3.05) is 14.2 Å². The van der Waals surface area contributed by atoms with E-state index in [1.165, 1.54) is 29.2 Å². The summed E-state index contributed by atoms with van der Waals surface area (Å²) >= 11 is 6.42. The second-order valence-electron chi connectivity index (χ2n) is 4.86. The highest BCUT2D eigenvalue weighted by molar-refractivity contribution is 8.26. The Hall–Kier alpha value is -2.58. The van der Waals surface area contributed by atoms with Gasteiger partial charge in [0.05, 0.1) is 31.6 Å². The van der Waals surface area contributed by atoms with Crippen molar-refractivity contribution in [2.24, 2.45) is 5.10 Å². The van der Waals surface area contributed by atoms with E-state index in [1.54, 1.807) is 44.6 Å². The van der Waals surface area contributed by atoms with Gasteiger partial charge in [-0.2, -0.15) is 10.1 Å². The molecule has 0 aliphatic carbocycles. The predicted octanol–water partition coefficient (Wildman–Crippen LogP) is 3.53. The van der Waals surface area contributed by atoms with Crippen LogP contribution in [-0.2, 0) is 4.79 Å². The third-order valence-corrected chi connectivity index (χ3v) is 4.63. The SMILES string of the molecule is COc1ccc(/C=C2/SC(=S)N(/N=C/c3ccco3)C2=O)c(OC)c1. The molecule has 0 N–H and O–H groups in total. The number of ether oxygens (including phenoxy) is 2. The van der Waals surface area contributed by atoms with Gasteiger partial charge in [0.25, 0.3) is 5.91 Å². The molecule has 6 nitrogen and oxygen atoms in total. The van der Waals surface area contributed by atoms with E-state index < -0.39 is 0 Å². The highest BCUT2D eigenvalue weighted by atomic mass is 32.2. The zero-order chi connectivity index (χ0) is 17.8. The van der Waals surface area contributed by atoms with Crippen LogP contribution >= 0.6 is 24.0 Å². The van der Waals surface area contributed by atoms with Gasteiger partial charge >= 0.3 is 0 Å². The normalized spacial score (nSPS) is 16.2. The van der Waals surface area contributed by atoms with Crippen LogP contribution in [0.5, 0.6) is 11.5 Å². The number of methoxy groups -OCH3 is 2. The molecule has 1 aliphatic rings. The van der Waals surface area contributed by atoms with Crippen molar-refractivity contribution in [1.82, 2.24) is 5.01 Å². The van der Waals surface area contributed by atoms with Crippen molar-refractivity contribution >= 4 is 46.5 Å². The van der Waals surface area contributed by atoms with Gasteiger partial charge in [-0.25, -0.2) is 0 Å². The Kier molecular flexibility index (Phi) is 5.20. The minimum Gasteiger partial charge on any atom is -0.497 e. The van der Waals surface area contributed by atoms with Crippen molar-refractivity contribution in [2.45, 2.75) is 0 Å². The van der Waals surface area contributed by atoms with Crippen molar-refractivity contribution < 1.29 is 18.7 Å². The van der Waals surface area contributed by atoms with Crippen LogP contribution < -0.4 is 9.47 Å². The molecule has 1 amide bonds. The highest BCUT2D eigenvalue weighted by Crippen LogP contribution is 2.35. The van der Waals surface area contributed by atoms with Gasteiger partial charge in [-0.05, 0) is 42.6 Å². The van der Waals surface area contributed by atoms with Crippen LogP contribution in [0.3, 0.4) is 0 Å². The topological polar surface area (TPSA) is 64.3 Å². The first-order chi connectivity index (χ1) is 12.1. The second kappa shape index (κ2) is 7.54. The quantitative estimate of drug-likeness (QED) is 0.453. The average Bonchev–Trinajstić information content (AvgIpc) is 3.22. The number of thioether (sulfide) groups is 1. The number of thiocarbonyl (C=S) groups is 1. The maximum atomic E-state index is 12.5. The molecule has 128 valence electrons. The van der Waals surface area contributed by atoms with E-state index in [0.717, 1.165) is 5.56 Å². The molecule has 0 spiro atoms. The van der Waals surface area contributed by atoms with E-state index in [0.29, 0.717) is 26.5 Å². The lowest BCUT2D eigenvalue weighted by molar-refractivity contribution is -0.122. The minimum absolute atomic E-state index is 0.296. The summed E-state index contributed by atoms with van der Waals surface area (Å²) in [5, 5.41) is 5.27. The van der Waals surface area contributed by atoms with Crippen molar-refractivity contribution in [3.05, 3.63) is 52.8 Å². The van der Waals surface area contributed by atoms with Crippen molar-refractivity contribution in [3.8, 4) is 11.5 Å². The third kappa shape index (κ3) is 3.75. The van der Waals surface area contributed by atoms with E-state index in [2.05, 4.69) is 5.10 Å². The number of furan rings is 1. The average molecular weight is 374 g/mol. The van der Waals surface area contributed by atoms with Gasteiger partial charge in [-0.3, -0.25) is 4.79 Å². The molecule has 0 saturated carbocycles. The van der Waals surface area contributed by atoms with Crippen LogP contribution in [0.25, 0.3) is 6.08 Å². The first-order valence-electron chi connectivity index (χ1n) is 7.20. The Morgan fingerprint density at radius 1 is 1.28 bits per heavy atom. The molecule has 0 bridgehead atoms. The third-order valence-electron chi connectivity index (χ3n) is 3.34. The summed E-state index contributed by atoms with van der Waals surface area (Å²) in [6.45, 7) is 0. The van der Waals surface area contributed by atoms with Crippen LogP contribution in [0.2, 0.25) is 0 Å². The summed E-state index contributed by atoms with van der Waals surface area (Å²) in [6.07, 6.45) is 4.70. The maximum Gasteiger partial charge on any atom is 0.286 e. The fourth-order valence-corrected chi connectivity index (χ4v) is 3.28. The Bertz CT molecular complexity index is 860. The number of hydrogen-bond donors (Lipinski definition) is 0. The molecule has 0 atom stereocenters. The van der Waals surface area contributed by atoms with Gasteiger partial charge in [0.2, 0.25) is 0 Å². The Morgan fingerprint density at radius 3 is 2.80 bits per heavy atom. The highest BCUT2D eigenvalue weighted by Gasteiger charge is 2.32. The fourth-order valence-electron chi connectivity index (χ4n) is 2.12. The number of hydrazone groups is 1. The van der Waals surface area contributed by atoms with Crippen LogP contribution in [0.4, 0.5) is 0 Å². The summed E-state index contributed by atoms with van der Waals surface area (Å²) in [5.41, 5.74) is 0.749. The Morgan fingerprint density at radius 2 is 2.12 bits per heavy atom. The number of hydrogen-bond acceptors (Lipinski definition) is 7. The van der Waals surface area contributed by atoms with Gasteiger partial charge in [0, 0.05) is 11.6 Å². The lowest BCUT2D eigenvalue weighted by atomic mass is 10.1. The Balaban J connectivity index is 1.85. The second-order valence-corrected chi connectivity index (χ2v) is 6.54. The van der Waals surface area contributed by atoms with Gasteiger partial charge in [-0.15, -0.1) is 0 Å². The molecule has 0 unspecified atom stereocenters. The molecule has 2 heterocycles. The molecule has 2 aromatic rings. The van der Waals surface area contributed by atoms with Crippen LogP contribution in [-0.4, -0.2) is 35.7 Å². The molecular formula is C17H14N2O4S2.